The molecule has 96 valence electrons. The number of aryl methyl sites for hydroxylation is 1. The van der Waals surface area contributed by atoms with Crippen LogP contribution in [0.5, 0.6) is 0 Å². The van der Waals surface area contributed by atoms with Gasteiger partial charge >= 0.3 is 6.01 Å². The molecule has 0 saturated carbocycles. The van der Waals surface area contributed by atoms with Crippen LogP contribution in [0, 0.1) is 18.8 Å². The zero-order chi connectivity index (χ0) is 13.7. The van der Waals surface area contributed by atoms with Gasteiger partial charge in [0.2, 0.25) is 0 Å². The molecule has 5 heteroatoms. The number of carbonyl (C=O) groups excluding carboxylic acids is 1. The Morgan fingerprint density at radius 2 is 2.16 bits per heavy atom. The molecule has 0 spiro atoms. The van der Waals surface area contributed by atoms with Gasteiger partial charge in [-0.15, -0.1) is 0 Å². The molecule has 1 aromatic heterocycles. The Balaban J connectivity index is 2.07. The molecule has 0 atom stereocenters. The predicted octanol–water partition coefficient (Wildman–Crippen LogP) is 1.58. The number of aliphatic hydroxyl groups excluding tert-OH is 1. The molecule has 5 nitrogen and oxygen atoms in total. The average molecular weight is 256 g/mol. The van der Waals surface area contributed by atoms with Crippen molar-refractivity contribution < 1.29 is 14.3 Å². The van der Waals surface area contributed by atoms with Crippen LogP contribution in [0.2, 0.25) is 0 Å². The largest absolute Gasteiger partial charge is 0.432 e. The van der Waals surface area contributed by atoms with Gasteiger partial charge in [-0.1, -0.05) is 11.8 Å². The summed E-state index contributed by atoms with van der Waals surface area (Å²) in [5.74, 6) is 4.98. The third-order valence-corrected chi connectivity index (χ3v) is 2.30. The van der Waals surface area contributed by atoms with Crippen molar-refractivity contribution in [1.82, 2.24) is 4.98 Å². The first-order chi connectivity index (χ1) is 9.19. The number of benzene rings is 1. The van der Waals surface area contributed by atoms with Crippen LogP contribution in [0.3, 0.4) is 0 Å². The minimum atomic E-state index is -0.302. The molecule has 1 amide bonds. The molecule has 2 rings (SSSR count). The van der Waals surface area contributed by atoms with Crippen molar-refractivity contribution in [1.29, 1.82) is 0 Å². The van der Waals surface area contributed by atoms with E-state index < -0.39 is 0 Å². The van der Waals surface area contributed by atoms with E-state index in [1.165, 1.54) is 6.26 Å². The third-order valence-electron chi connectivity index (χ3n) is 2.30. The van der Waals surface area contributed by atoms with E-state index in [1.54, 1.807) is 31.2 Å². The van der Waals surface area contributed by atoms with Crippen LogP contribution >= 0.6 is 0 Å². The number of aliphatic hydroxyl groups is 1. The first-order valence-electron chi connectivity index (χ1n) is 5.62. The van der Waals surface area contributed by atoms with Gasteiger partial charge < -0.3 is 9.52 Å². The molecular weight excluding hydrogens is 244 g/mol. The molecule has 2 aromatic rings. The van der Waals surface area contributed by atoms with Gasteiger partial charge in [0, 0.05) is 11.1 Å². The van der Waals surface area contributed by atoms with Gasteiger partial charge in [0.25, 0.3) is 5.91 Å². The fourth-order valence-electron chi connectivity index (χ4n) is 1.43. The van der Waals surface area contributed by atoms with Gasteiger partial charge in [-0.25, -0.2) is 0 Å². The average Bonchev–Trinajstić information content (AvgIpc) is 2.82. The molecule has 0 fully saturated rings. The molecule has 2 N–H and O–H groups in total. The quantitative estimate of drug-likeness (QED) is 0.800. The number of hydrogen-bond donors (Lipinski definition) is 2. The second kappa shape index (κ2) is 5.85. The molecular formula is C14H12N2O3. The number of rotatable bonds is 2. The Labute approximate surface area is 110 Å². The van der Waals surface area contributed by atoms with Crippen molar-refractivity contribution in [2.75, 3.05) is 11.9 Å². The van der Waals surface area contributed by atoms with Gasteiger partial charge in [0.05, 0.1) is 5.69 Å². The number of aromatic nitrogens is 1. The summed E-state index contributed by atoms with van der Waals surface area (Å²) in [5.41, 5.74) is 1.91. The number of amides is 1. The standard InChI is InChI=1S/C14H12N2O3/c1-10-9-19-14(15-10)16-13(18)12-6-4-11(5-7-12)3-2-8-17/h4-7,9,17H,8H2,1H3,(H,15,16,18). The van der Waals surface area contributed by atoms with Crippen molar-refractivity contribution in [3.8, 4) is 11.8 Å². The number of oxazole rings is 1. The fourth-order valence-corrected chi connectivity index (χ4v) is 1.43. The Hall–Kier alpha value is -2.58. The van der Waals surface area contributed by atoms with Crippen molar-refractivity contribution in [2.24, 2.45) is 0 Å². The van der Waals surface area contributed by atoms with Gasteiger partial charge in [0.1, 0.15) is 12.9 Å². The van der Waals surface area contributed by atoms with E-state index in [0.29, 0.717) is 11.3 Å². The maximum Gasteiger partial charge on any atom is 0.301 e. The summed E-state index contributed by atoms with van der Waals surface area (Å²) in [7, 11) is 0. The topological polar surface area (TPSA) is 75.4 Å². The molecule has 0 radical (unpaired) electrons. The molecule has 0 aliphatic heterocycles. The van der Waals surface area contributed by atoms with E-state index in [0.717, 1.165) is 5.56 Å². The summed E-state index contributed by atoms with van der Waals surface area (Å²) in [6.07, 6.45) is 1.46. The predicted molar refractivity (Wildman–Crippen MR) is 69.6 cm³/mol. The van der Waals surface area contributed by atoms with Crippen LogP contribution in [-0.2, 0) is 0 Å². The SMILES string of the molecule is Cc1coc(NC(=O)c2ccc(C#CCO)cc2)n1. The number of carbonyl (C=O) groups is 1. The summed E-state index contributed by atoms with van der Waals surface area (Å²) in [5, 5.41) is 11.1. The lowest BCUT2D eigenvalue weighted by Crippen LogP contribution is -2.11. The van der Waals surface area contributed by atoms with E-state index in [2.05, 4.69) is 22.1 Å². The van der Waals surface area contributed by atoms with E-state index in [-0.39, 0.29) is 18.5 Å². The van der Waals surface area contributed by atoms with Crippen LogP contribution in [-0.4, -0.2) is 22.6 Å². The zero-order valence-corrected chi connectivity index (χ0v) is 10.3. The Bertz CT molecular complexity index is 633. The van der Waals surface area contributed by atoms with E-state index in [9.17, 15) is 4.79 Å². The molecule has 0 bridgehead atoms. The van der Waals surface area contributed by atoms with Gasteiger partial charge in [0.15, 0.2) is 0 Å². The second-order valence-electron chi connectivity index (χ2n) is 3.79. The number of nitrogens with one attached hydrogen (secondary N) is 1. The van der Waals surface area contributed by atoms with E-state index >= 15 is 0 Å². The summed E-state index contributed by atoms with van der Waals surface area (Å²) >= 11 is 0. The Morgan fingerprint density at radius 1 is 1.42 bits per heavy atom. The van der Waals surface area contributed by atoms with Crippen LogP contribution in [0.15, 0.2) is 34.9 Å². The molecule has 1 aromatic carbocycles. The summed E-state index contributed by atoms with van der Waals surface area (Å²) < 4.78 is 5.04. The monoisotopic (exact) mass is 256 g/mol. The lowest BCUT2D eigenvalue weighted by Gasteiger charge is -2.00. The molecule has 0 aliphatic carbocycles. The maximum atomic E-state index is 11.9. The Kier molecular flexibility index (Phi) is 3.96. The highest BCUT2D eigenvalue weighted by atomic mass is 16.4. The van der Waals surface area contributed by atoms with Crippen molar-refractivity contribution >= 4 is 11.9 Å². The number of hydrogen-bond acceptors (Lipinski definition) is 4. The highest BCUT2D eigenvalue weighted by molar-refractivity contribution is 6.03. The van der Waals surface area contributed by atoms with E-state index in [4.69, 9.17) is 9.52 Å². The highest BCUT2D eigenvalue weighted by Crippen LogP contribution is 2.09. The van der Waals surface area contributed by atoms with Crippen molar-refractivity contribution in [3.63, 3.8) is 0 Å². The maximum absolute atomic E-state index is 11.9. The van der Waals surface area contributed by atoms with Crippen LogP contribution < -0.4 is 5.32 Å². The van der Waals surface area contributed by atoms with Crippen molar-refractivity contribution in [3.05, 3.63) is 47.3 Å². The smallest absolute Gasteiger partial charge is 0.301 e. The summed E-state index contributed by atoms with van der Waals surface area (Å²) in [6.45, 7) is 1.58. The lowest BCUT2D eigenvalue weighted by molar-refractivity contribution is 0.102. The molecule has 0 unspecified atom stereocenters. The minimum absolute atomic E-state index is 0.173. The van der Waals surface area contributed by atoms with Gasteiger partial charge in [-0.05, 0) is 31.2 Å². The zero-order valence-electron chi connectivity index (χ0n) is 10.3. The molecule has 0 aliphatic rings. The van der Waals surface area contributed by atoms with Crippen LogP contribution in [0.4, 0.5) is 6.01 Å². The van der Waals surface area contributed by atoms with Crippen LogP contribution in [0.25, 0.3) is 0 Å². The normalized spacial score (nSPS) is 9.58. The minimum Gasteiger partial charge on any atom is -0.432 e. The molecule has 1 heterocycles. The van der Waals surface area contributed by atoms with Gasteiger partial charge in [-0.3, -0.25) is 10.1 Å². The summed E-state index contributed by atoms with van der Waals surface area (Å²) in [6, 6.07) is 6.88. The van der Waals surface area contributed by atoms with Crippen molar-refractivity contribution in [2.45, 2.75) is 6.92 Å². The Morgan fingerprint density at radius 3 is 2.74 bits per heavy atom. The summed E-state index contributed by atoms with van der Waals surface area (Å²) in [4.78, 5) is 15.8. The number of anilines is 1. The second-order valence-corrected chi connectivity index (χ2v) is 3.79. The molecule has 19 heavy (non-hydrogen) atoms. The fraction of sp³-hybridized carbons (Fsp3) is 0.143. The molecule has 0 saturated heterocycles. The highest BCUT2D eigenvalue weighted by Gasteiger charge is 2.08. The first-order valence-corrected chi connectivity index (χ1v) is 5.62. The first kappa shape index (κ1) is 12.9. The number of nitrogens with zero attached hydrogens (tertiary/aromatic N) is 1. The third kappa shape index (κ3) is 3.44. The van der Waals surface area contributed by atoms with Crippen LogP contribution in [0.1, 0.15) is 21.6 Å². The van der Waals surface area contributed by atoms with E-state index in [1.807, 2.05) is 0 Å². The van der Waals surface area contributed by atoms with Gasteiger partial charge in [-0.2, -0.15) is 4.98 Å². The lowest BCUT2D eigenvalue weighted by atomic mass is 10.1.